The Morgan fingerprint density at radius 1 is 1.36 bits per heavy atom. The molecule has 0 aliphatic heterocycles. The van der Waals surface area contributed by atoms with E-state index in [0.717, 1.165) is 10.9 Å². The maximum absolute atomic E-state index is 12.3. The Balaban J connectivity index is 2.10. The van der Waals surface area contributed by atoms with Gasteiger partial charge in [-0.3, -0.25) is 9.59 Å². The normalized spacial score (nSPS) is 11.1. The van der Waals surface area contributed by atoms with E-state index >= 15 is 0 Å². The summed E-state index contributed by atoms with van der Waals surface area (Å²) in [5.41, 5.74) is 0.733. The van der Waals surface area contributed by atoms with Gasteiger partial charge in [-0.05, 0) is 38.5 Å². The topological polar surface area (TPSA) is 71.2 Å². The Hall–Kier alpha value is -1.66. The number of carbonyl (C=O) groups is 1. The number of halogens is 1. The summed E-state index contributed by atoms with van der Waals surface area (Å²) in [6.45, 7) is 5.05. The van der Waals surface area contributed by atoms with Crippen LogP contribution in [0.4, 0.5) is 0 Å². The van der Waals surface area contributed by atoms with Crippen LogP contribution in [0.1, 0.15) is 30.6 Å². The lowest BCUT2D eigenvalue weighted by molar-refractivity contribution is 0.0757. The van der Waals surface area contributed by atoms with Gasteiger partial charge >= 0.3 is 0 Å². The third-order valence-electron chi connectivity index (χ3n) is 3.11. The number of nitrogens with one attached hydrogen (secondary N) is 2. The summed E-state index contributed by atoms with van der Waals surface area (Å²) in [5, 5.41) is 3.54. The lowest BCUT2D eigenvalue weighted by Gasteiger charge is -2.09. The molecule has 2 aromatic rings. The molecule has 0 radical (unpaired) electrons. The van der Waals surface area contributed by atoms with E-state index in [4.69, 9.17) is 4.74 Å². The molecule has 6 heteroatoms. The number of pyridine rings is 1. The molecule has 0 spiro atoms. The highest BCUT2D eigenvalue weighted by Crippen LogP contribution is 2.20. The maximum atomic E-state index is 12.3. The van der Waals surface area contributed by atoms with Crippen molar-refractivity contribution in [3.05, 3.63) is 44.7 Å². The molecule has 0 atom stereocenters. The molecule has 2 N–H and O–H groups in total. The second kappa shape index (κ2) is 7.56. The summed E-state index contributed by atoms with van der Waals surface area (Å²) in [6.07, 6.45) is 0.916. The molecule has 1 heterocycles. The first-order valence-electron chi connectivity index (χ1n) is 7.20. The molecule has 1 aromatic carbocycles. The molecule has 2 rings (SSSR count). The largest absolute Gasteiger partial charge is 0.379 e. The molecule has 0 aliphatic carbocycles. The van der Waals surface area contributed by atoms with Gasteiger partial charge in [0, 0.05) is 34.6 Å². The van der Waals surface area contributed by atoms with E-state index in [-0.39, 0.29) is 17.6 Å². The molecule has 1 aromatic heterocycles. The van der Waals surface area contributed by atoms with Crippen LogP contribution in [0, 0.1) is 0 Å². The lowest BCUT2D eigenvalue weighted by Crippen LogP contribution is -2.27. The molecule has 0 saturated carbocycles. The van der Waals surface area contributed by atoms with E-state index < -0.39 is 0 Å². The zero-order valence-electron chi connectivity index (χ0n) is 12.6. The zero-order chi connectivity index (χ0) is 16.1. The number of carbonyl (C=O) groups excluding carboxylic acids is 1. The summed E-state index contributed by atoms with van der Waals surface area (Å²) in [4.78, 5) is 26.7. The fraction of sp³-hybridized carbons (Fsp3) is 0.375. The molecular weight excluding hydrogens is 348 g/mol. The minimum Gasteiger partial charge on any atom is -0.379 e. The van der Waals surface area contributed by atoms with Gasteiger partial charge in [-0.1, -0.05) is 15.9 Å². The molecule has 0 saturated heterocycles. The minimum atomic E-state index is -0.289. The first-order chi connectivity index (χ1) is 10.5. The van der Waals surface area contributed by atoms with Crippen molar-refractivity contribution in [2.75, 3.05) is 13.2 Å². The van der Waals surface area contributed by atoms with E-state index in [1.165, 1.54) is 6.07 Å². The average molecular weight is 367 g/mol. The molecule has 5 nitrogen and oxygen atoms in total. The first-order valence-corrected chi connectivity index (χ1v) is 7.99. The summed E-state index contributed by atoms with van der Waals surface area (Å²) >= 11 is 3.38. The van der Waals surface area contributed by atoms with Gasteiger partial charge in [0.15, 0.2) is 0 Å². The molecule has 118 valence electrons. The maximum Gasteiger partial charge on any atom is 0.252 e. The fourth-order valence-electron chi connectivity index (χ4n) is 2.10. The second-order valence-electron chi connectivity index (χ2n) is 5.27. The molecule has 1 amide bonds. The Morgan fingerprint density at radius 2 is 2.14 bits per heavy atom. The van der Waals surface area contributed by atoms with Crippen LogP contribution in [0.25, 0.3) is 10.9 Å². The quantitative estimate of drug-likeness (QED) is 0.772. The van der Waals surface area contributed by atoms with Gasteiger partial charge in [0.05, 0.1) is 11.7 Å². The van der Waals surface area contributed by atoms with E-state index in [9.17, 15) is 9.59 Å². The van der Waals surface area contributed by atoms with Gasteiger partial charge in [-0.15, -0.1) is 0 Å². The number of aromatic amines is 1. The van der Waals surface area contributed by atoms with Gasteiger partial charge in [-0.25, -0.2) is 0 Å². The standard InChI is InChI=1S/C16H19BrN2O3/c1-10(2)22-7-3-6-18-16(21)13-9-15(20)19-14-5-4-11(17)8-12(13)14/h4-5,8-10H,3,6-7H2,1-2H3,(H,18,21)(H,19,20). The van der Waals surface area contributed by atoms with E-state index in [2.05, 4.69) is 26.2 Å². The molecule has 0 aliphatic rings. The Morgan fingerprint density at radius 3 is 2.86 bits per heavy atom. The van der Waals surface area contributed by atoms with E-state index in [0.29, 0.717) is 29.6 Å². The van der Waals surface area contributed by atoms with Crippen LogP contribution in [-0.4, -0.2) is 30.1 Å². The van der Waals surface area contributed by atoms with Crippen molar-refractivity contribution >= 4 is 32.7 Å². The number of fused-ring (bicyclic) bond motifs is 1. The van der Waals surface area contributed by atoms with Crippen molar-refractivity contribution in [1.29, 1.82) is 0 Å². The predicted octanol–water partition coefficient (Wildman–Crippen LogP) is 2.84. The Kier molecular flexibility index (Phi) is 5.74. The van der Waals surface area contributed by atoms with Crippen molar-refractivity contribution < 1.29 is 9.53 Å². The third-order valence-corrected chi connectivity index (χ3v) is 3.60. The number of H-pyrrole nitrogens is 1. The zero-order valence-corrected chi connectivity index (χ0v) is 14.2. The Bertz CT molecular complexity index is 725. The van der Waals surface area contributed by atoms with Crippen LogP contribution < -0.4 is 10.9 Å². The number of hydrogen-bond donors (Lipinski definition) is 2. The van der Waals surface area contributed by atoms with Crippen LogP contribution in [-0.2, 0) is 4.74 Å². The monoisotopic (exact) mass is 366 g/mol. The number of benzene rings is 1. The summed E-state index contributed by atoms with van der Waals surface area (Å²) in [6, 6.07) is 6.74. The molecular formula is C16H19BrN2O3. The predicted molar refractivity (Wildman–Crippen MR) is 90.3 cm³/mol. The minimum absolute atomic E-state index is 0.185. The van der Waals surface area contributed by atoms with Gasteiger partial charge < -0.3 is 15.0 Å². The number of hydrogen-bond acceptors (Lipinski definition) is 3. The highest BCUT2D eigenvalue weighted by atomic mass is 79.9. The molecule has 0 bridgehead atoms. The van der Waals surface area contributed by atoms with Crippen molar-refractivity contribution in [2.45, 2.75) is 26.4 Å². The summed E-state index contributed by atoms with van der Waals surface area (Å²) in [7, 11) is 0. The van der Waals surface area contributed by atoms with E-state index in [1.54, 1.807) is 6.07 Å². The Labute approximate surface area is 137 Å². The van der Waals surface area contributed by atoms with Crippen LogP contribution in [0.5, 0.6) is 0 Å². The van der Waals surface area contributed by atoms with Crippen LogP contribution >= 0.6 is 15.9 Å². The van der Waals surface area contributed by atoms with Gasteiger partial charge in [0.1, 0.15) is 0 Å². The van der Waals surface area contributed by atoms with Crippen molar-refractivity contribution in [1.82, 2.24) is 10.3 Å². The van der Waals surface area contributed by atoms with Crippen molar-refractivity contribution in [2.24, 2.45) is 0 Å². The van der Waals surface area contributed by atoms with Gasteiger partial charge in [0.2, 0.25) is 5.56 Å². The van der Waals surface area contributed by atoms with Crippen molar-refractivity contribution in [3.8, 4) is 0 Å². The fourth-order valence-corrected chi connectivity index (χ4v) is 2.46. The summed E-state index contributed by atoms with van der Waals surface area (Å²) in [5.74, 6) is -0.251. The highest BCUT2D eigenvalue weighted by Gasteiger charge is 2.11. The van der Waals surface area contributed by atoms with E-state index in [1.807, 2.05) is 26.0 Å². The number of aromatic nitrogens is 1. The van der Waals surface area contributed by atoms with Crippen molar-refractivity contribution in [3.63, 3.8) is 0 Å². The smallest absolute Gasteiger partial charge is 0.252 e. The lowest BCUT2D eigenvalue weighted by atomic mass is 10.1. The SMILES string of the molecule is CC(C)OCCCNC(=O)c1cc(=O)[nH]c2ccc(Br)cc12. The number of amides is 1. The summed E-state index contributed by atoms with van der Waals surface area (Å²) < 4.78 is 6.28. The first kappa shape index (κ1) is 16.7. The van der Waals surface area contributed by atoms with Crippen LogP contribution in [0.2, 0.25) is 0 Å². The molecule has 22 heavy (non-hydrogen) atoms. The van der Waals surface area contributed by atoms with Crippen LogP contribution in [0.15, 0.2) is 33.5 Å². The molecule has 0 unspecified atom stereocenters. The third kappa shape index (κ3) is 4.42. The number of rotatable bonds is 6. The molecule has 0 fully saturated rings. The second-order valence-corrected chi connectivity index (χ2v) is 6.18. The average Bonchev–Trinajstić information content (AvgIpc) is 2.46. The highest BCUT2D eigenvalue weighted by molar-refractivity contribution is 9.10. The van der Waals surface area contributed by atoms with Crippen LogP contribution in [0.3, 0.4) is 0 Å². The van der Waals surface area contributed by atoms with Gasteiger partial charge in [-0.2, -0.15) is 0 Å². The number of ether oxygens (including phenoxy) is 1. The van der Waals surface area contributed by atoms with Gasteiger partial charge in [0.25, 0.3) is 5.91 Å².